The number of hydrogen-bond acceptors (Lipinski definition) is 7. The lowest BCUT2D eigenvalue weighted by Gasteiger charge is -2.24. The van der Waals surface area contributed by atoms with Crippen LogP contribution in [0.25, 0.3) is 21.8 Å². The number of para-hydroxylation sites is 2. The van der Waals surface area contributed by atoms with Crippen LogP contribution in [-0.2, 0) is 36.8 Å². The Bertz CT molecular complexity index is 1650. The van der Waals surface area contributed by atoms with Crippen molar-refractivity contribution in [1.29, 1.82) is 0 Å². The quantitative estimate of drug-likeness (QED) is 0.0898. The fourth-order valence-corrected chi connectivity index (χ4v) is 4.93. The molecule has 4 rings (SSSR count). The third kappa shape index (κ3) is 7.72. The van der Waals surface area contributed by atoms with Gasteiger partial charge in [0.2, 0.25) is 23.6 Å². The number of aliphatic carboxylic acids is 1. The largest absolute Gasteiger partial charge is 0.480 e. The van der Waals surface area contributed by atoms with E-state index in [9.17, 15) is 29.1 Å². The molecule has 0 saturated heterocycles. The van der Waals surface area contributed by atoms with Gasteiger partial charge in [0, 0.05) is 52.8 Å². The number of nitrogens with two attached hydrogens (primary N) is 2. The van der Waals surface area contributed by atoms with Gasteiger partial charge in [-0.15, -0.1) is 0 Å². The molecule has 2 heterocycles. The minimum absolute atomic E-state index is 0.0180. The molecule has 0 spiro atoms. The molecule has 0 aliphatic heterocycles. The molecule has 43 heavy (non-hydrogen) atoms. The summed E-state index contributed by atoms with van der Waals surface area (Å²) >= 11 is 4.04. The first kappa shape index (κ1) is 31.1. The van der Waals surface area contributed by atoms with E-state index in [1.54, 1.807) is 18.5 Å². The third-order valence-electron chi connectivity index (χ3n) is 7.02. The molecule has 2 aromatic heterocycles. The Hall–Kier alpha value is -4.82. The Kier molecular flexibility index (Phi) is 10.1. The molecule has 10 N–H and O–H groups in total. The number of aromatic nitrogens is 2. The number of rotatable bonds is 14. The van der Waals surface area contributed by atoms with Gasteiger partial charge in [-0.3, -0.25) is 19.2 Å². The second kappa shape index (κ2) is 13.9. The number of H-pyrrole nitrogens is 2. The topological polar surface area (TPSA) is 225 Å². The maximum atomic E-state index is 13.5. The Balaban J connectivity index is 1.54. The summed E-state index contributed by atoms with van der Waals surface area (Å²) in [6.45, 7) is 0. The van der Waals surface area contributed by atoms with Crippen molar-refractivity contribution >= 4 is 64.0 Å². The average molecular weight is 608 g/mol. The molecule has 0 radical (unpaired) electrons. The summed E-state index contributed by atoms with van der Waals surface area (Å²) in [5, 5.41) is 18.9. The highest BCUT2D eigenvalue weighted by Gasteiger charge is 2.32. The van der Waals surface area contributed by atoms with E-state index in [1.807, 2.05) is 42.5 Å². The molecule has 0 saturated carbocycles. The van der Waals surface area contributed by atoms with E-state index in [-0.39, 0.29) is 18.6 Å². The van der Waals surface area contributed by atoms with Crippen LogP contribution in [0.2, 0.25) is 0 Å². The number of thiol groups is 1. The van der Waals surface area contributed by atoms with Crippen LogP contribution in [0.4, 0.5) is 0 Å². The molecular weight excluding hydrogens is 574 g/mol. The molecular formula is C29H33N7O6S. The van der Waals surface area contributed by atoms with Crippen LogP contribution in [0.1, 0.15) is 17.5 Å². The maximum absolute atomic E-state index is 13.5. The first-order chi connectivity index (χ1) is 20.6. The summed E-state index contributed by atoms with van der Waals surface area (Å²) in [7, 11) is 0. The van der Waals surface area contributed by atoms with Crippen molar-refractivity contribution < 1.29 is 29.1 Å². The summed E-state index contributed by atoms with van der Waals surface area (Å²) in [5.41, 5.74) is 14.1. The lowest BCUT2D eigenvalue weighted by Crippen LogP contribution is -2.58. The summed E-state index contributed by atoms with van der Waals surface area (Å²) in [4.78, 5) is 69.6. The number of carboxylic acid groups (broad SMARTS) is 1. The fourth-order valence-electron chi connectivity index (χ4n) is 4.77. The first-order valence-corrected chi connectivity index (χ1v) is 14.1. The average Bonchev–Trinajstić information content (AvgIpc) is 3.59. The number of carboxylic acids is 1. The van der Waals surface area contributed by atoms with Gasteiger partial charge in [0.05, 0.1) is 12.5 Å². The summed E-state index contributed by atoms with van der Waals surface area (Å²) in [6.07, 6.45) is 2.70. The van der Waals surface area contributed by atoms with Crippen LogP contribution >= 0.6 is 12.6 Å². The van der Waals surface area contributed by atoms with Crippen LogP contribution in [0.3, 0.4) is 0 Å². The molecule has 2 aromatic carbocycles. The minimum atomic E-state index is -1.52. The number of carbonyl (C=O) groups excluding carboxylic acids is 4. The monoisotopic (exact) mass is 607 g/mol. The zero-order valence-electron chi connectivity index (χ0n) is 23.0. The summed E-state index contributed by atoms with van der Waals surface area (Å²) in [5.74, 6) is -4.56. The van der Waals surface area contributed by atoms with E-state index in [4.69, 9.17) is 11.5 Å². The number of hydrogen-bond donors (Lipinski definition) is 9. The van der Waals surface area contributed by atoms with Crippen molar-refractivity contribution in [3.63, 3.8) is 0 Å². The molecule has 4 aromatic rings. The van der Waals surface area contributed by atoms with Gasteiger partial charge < -0.3 is 42.5 Å². The van der Waals surface area contributed by atoms with E-state index in [1.165, 1.54) is 0 Å². The second-order valence-corrected chi connectivity index (χ2v) is 10.5. The molecule has 4 unspecified atom stereocenters. The normalized spacial score (nSPS) is 14.0. The lowest BCUT2D eigenvalue weighted by atomic mass is 10.0. The molecule has 0 bridgehead atoms. The molecule has 226 valence electrons. The predicted molar refractivity (Wildman–Crippen MR) is 163 cm³/mol. The Labute approximate surface area is 251 Å². The lowest BCUT2D eigenvalue weighted by molar-refractivity contribution is -0.142. The van der Waals surface area contributed by atoms with Gasteiger partial charge in [0.1, 0.15) is 18.1 Å². The summed E-state index contributed by atoms with van der Waals surface area (Å²) in [6, 6.07) is 9.55. The van der Waals surface area contributed by atoms with Crippen molar-refractivity contribution in [2.45, 2.75) is 43.4 Å². The Morgan fingerprint density at radius 2 is 1.21 bits per heavy atom. The smallest absolute Gasteiger partial charge is 0.326 e. The molecule has 13 nitrogen and oxygen atoms in total. The SMILES string of the molecule is NC(=O)CC(NC(=O)C(Cc1c[nH]c2ccccc12)NC(=O)C(N)CS)C(=O)NC(Cc1c[nH]c2ccccc12)C(=O)O. The number of benzene rings is 2. The van der Waals surface area contributed by atoms with Crippen molar-refractivity contribution in [3.8, 4) is 0 Å². The van der Waals surface area contributed by atoms with Crippen molar-refractivity contribution in [2.75, 3.05) is 5.75 Å². The number of aromatic amines is 2. The number of nitrogens with one attached hydrogen (secondary N) is 5. The van der Waals surface area contributed by atoms with E-state index >= 15 is 0 Å². The predicted octanol–water partition coefficient (Wildman–Crippen LogP) is 0.106. The molecule has 0 fully saturated rings. The number of fused-ring (bicyclic) bond motifs is 2. The number of primary amides is 1. The maximum Gasteiger partial charge on any atom is 0.326 e. The van der Waals surface area contributed by atoms with Crippen molar-refractivity contribution in [2.24, 2.45) is 11.5 Å². The molecule has 4 atom stereocenters. The minimum Gasteiger partial charge on any atom is -0.480 e. The van der Waals surface area contributed by atoms with E-state index in [0.29, 0.717) is 11.1 Å². The van der Waals surface area contributed by atoms with E-state index < -0.39 is 60.2 Å². The van der Waals surface area contributed by atoms with Gasteiger partial charge in [0.25, 0.3) is 0 Å². The third-order valence-corrected chi connectivity index (χ3v) is 7.41. The zero-order chi connectivity index (χ0) is 31.1. The van der Waals surface area contributed by atoms with Crippen LogP contribution in [0.5, 0.6) is 0 Å². The van der Waals surface area contributed by atoms with Gasteiger partial charge in [-0.25, -0.2) is 4.79 Å². The first-order valence-electron chi connectivity index (χ1n) is 13.5. The fraction of sp³-hybridized carbons (Fsp3) is 0.276. The van der Waals surface area contributed by atoms with Crippen LogP contribution in [-0.4, -0.2) is 74.6 Å². The standard InChI is InChI=1S/C29H33N7O6S/c30-19(14-43)26(38)34-22(9-15-12-32-20-7-3-1-5-17(15)20)27(39)35-23(11-25(31)37)28(40)36-24(29(41)42)10-16-13-33-21-8-4-2-6-18(16)21/h1-8,12-13,19,22-24,32-33,43H,9-11,14,30H2,(H2,31,37)(H,34,38)(H,35,39)(H,36,40)(H,41,42). The van der Waals surface area contributed by atoms with Gasteiger partial charge >= 0.3 is 5.97 Å². The highest BCUT2D eigenvalue weighted by molar-refractivity contribution is 7.80. The highest BCUT2D eigenvalue weighted by atomic mass is 32.1. The van der Waals surface area contributed by atoms with E-state index in [2.05, 4.69) is 38.5 Å². The molecule has 0 aliphatic rings. The van der Waals surface area contributed by atoms with Gasteiger partial charge in [-0.2, -0.15) is 12.6 Å². The van der Waals surface area contributed by atoms with Crippen molar-refractivity contribution in [3.05, 3.63) is 72.1 Å². The summed E-state index contributed by atoms with van der Waals surface area (Å²) < 4.78 is 0. The van der Waals surface area contributed by atoms with Crippen molar-refractivity contribution in [1.82, 2.24) is 25.9 Å². The Morgan fingerprint density at radius 1 is 0.744 bits per heavy atom. The van der Waals surface area contributed by atoms with Crippen LogP contribution in [0, 0.1) is 0 Å². The second-order valence-electron chi connectivity index (χ2n) is 10.1. The molecule has 4 amide bonds. The zero-order valence-corrected chi connectivity index (χ0v) is 23.9. The number of amides is 4. The van der Waals surface area contributed by atoms with Crippen LogP contribution in [0.15, 0.2) is 60.9 Å². The van der Waals surface area contributed by atoms with Gasteiger partial charge in [0.15, 0.2) is 0 Å². The molecule has 14 heteroatoms. The van der Waals surface area contributed by atoms with E-state index in [0.717, 1.165) is 21.8 Å². The van der Waals surface area contributed by atoms with Gasteiger partial charge in [-0.1, -0.05) is 36.4 Å². The Morgan fingerprint density at radius 3 is 1.72 bits per heavy atom. The number of carbonyl (C=O) groups is 5. The molecule has 0 aliphatic carbocycles. The highest BCUT2D eigenvalue weighted by Crippen LogP contribution is 2.20. The van der Waals surface area contributed by atoms with Gasteiger partial charge in [-0.05, 0) is 23.3 Å². The van der Waals surface area contributed by atoms with Crippen LogP contribution < -0.4 is 27.4 Å².